The van der Waals surface area contributed by atoms with E-state index in [4.69, 9.17) is 10.5 Å². The van der Waals surface area contributed by atoms with E-state index in [0.29, 0.717) is 0 Å². The van der Waals surface area contributed by atoms with E-state index in [9.17, 15) is 0 Å². The molecule has 0 unspecified atom stereocenters. The number of hydrogen-bond donors (Lipinski definition) is 2. The van der Waals surface area contributed by atoms with Gasteiger partial charge in [-0.2, -0.15) is 0 Å². The first kappa shape index (κ1) is 26.7. The van der Waals surface area contributed by atoms with Crippen molar-refractivity contribution in [2.45, 2.75) is 0 Å². The fourth-order valence-electron chi connectivity index (χ4n) is 0. The van der Waals surface area contributed by atoms with Gasteiger partial charge < -0.3 is 13.5 Å². The maximum Gasteiger partial charge on any atom is 1.00 e. The maximum absolute atomic E-state index is 6.00. The molecule has 5 heteroatoms. The average Bonchev–Trinajstić information content (AvgIpc) is 1.00. The van der Waals surface area contributed by atoms with Crippen molar-refractivity contribution < 1.29 is 69.6 Å². The molecule has 0 atom stereocenters. The predicted molar refractivity (Wildman–Crippen MR) is 12.6 cm³/mol. The van der Waals surface area contributed by atoms with Crippen LogP contribution < -0.4 is 59.1 Å². The standard InChI is InChI=1S/2Na.H2O2.S/c;;1-2;/h;;1-2H;/q2*+1;;-2. The van der Waals surface area contributed by atoms with Crippen LogP contribution in [0.1, 0.15) is 0 Å². The zero-order chi connectivity index (χ0) is 2.00. The fraction of sp³-hybridized carbons (Fsp3) is 0. The van der Waals surface area contributed by atoms with E-state index in [0.717, 1.165) is 0 Å². The Morgan fingerprint density at radius 3 is 0.800 bits per heavy atom. The molecule has 2 nitrogen and oxygen atoms in total. The Balaban J connectivity index is -0.00000000167. The average molecular weight is 112 g/mol. The van der Waals surface area contributed by atoms with E-state index in [-0.39, 0.29) is 72.6 Å². The third kappa shape index (κ3) is 22.2. The summed E-state index contributed by atoms with van der Waals surface area (Å²) in [7, 11) is 0. The van der Waals surface area contributed by atoms with Crippen molar-refractivity contribution in [2.24, 2.45) is 0 Å². The third-order valence-corrected chi connectivity index (χ3v) is 0. The fourth-order valence-corrected chi connectivity index (χ4v) is 0. The van der Waals surface area contributed by atoms with Crippen molar-refractivity contribution in [3.05, 3.63) is 0 Å². The molecule has 0 aliphatic rings. The van der Waals surface area contributed by atoms with Crippen LogP contribution in [0.25, 0.3) is 0 Å². The summed E-state index contributed by atoms with van der Waals surface area (Å²) in [6, 6.07) is 0. The van der Waals surface area contributed by atoms with E-state index >= 15 is 0 Å². The van der Waals surface area contributed by atoms with Crippen LogP contribution in [0.15, 0.2) is 0 Å². The maximum atomic E-state index is 6.00. The van der Waals surface area contributed by atoms with Gasteiger partial charge in [0.25, 0.3) is 0 Å². The molecule has 5 heavy (non-hydrogen) atoms. The van der Waals surface area contributed by atoms with Gasteiger partial charge in [0.15, 0.2) is 0 Å². The predicted octanol–water partition coefficient (Wildman–Crippen LogP) is -5.98. The van der Waals surface area contributed by atoms with Gasteiger partial charge in [0.2, 0.25) is 0 Å². The summed E-state index contributed by atoms with van der Waals surface area (Å²) in [6.45, 7) is 0. The second-order valence-electron chi connectivity index (χ2n) is 0. The second-order valence-corrected chi connectivity index (χ2v) is 0. The second kappa shape index (κ2) is 33.8. The van der Waals surface area contributed by atoms with Gasteiger partial charge in [-0.3, -0.25) is 10.5 Å². The first-order valence-electron chi connectivity index (χ1n) is 0.200. The molecule has 0 aromatic carbocycles. The minimum absolute atomic E-state index is 0. The molecule has 0 aromatic heterocycles. The van der Waals surface area contributed by atoms with Crippen molar-refractivity contribution in [1.82, 2.24) is 0 Å². The number of rotatable bonds is 0. The quantitative estimate of drug-likeness (QED) is 0.186. The third-order valence-electron chi connectivity index (χ3n) is 0. The van der Waals surface area contributed by atoms with Crippen molar-refractivity contribution in [3.8, 4) is 0 Å². The zero-order valence-electron chi connectivity index (χ0n) is 3.30. The number of hydrogen-bond acceptors (Lipinski definition) is 2. The van der Waals surface area contributed by atoms with Crippen LogP contribution in [0.3, 0.4) is 0 Å². The van der Waals surface area contributed by atoms with Crippen molar-refractivity contribution in [2.75, 3.05) is 0 Å². The van der Waals surface area contributed by atoms with Gasteiger partial charge in [-0.05, 0) is 0 Å². The normalized spacial score (nSPS) is 1.20. The minimum atomic E-state index is 0. The topological polar surface area (TPSA) is 40.5 Å². The van der Waals surface area contributed by atoms with Crippen LogP contribution >= 0.6 is 0 Å². The first-order chi connectivity index (χ1) is 1.00. The van der Waals surface area contributed by atoms with Crippen LogP contribution in [0.4, 0.5) is 0 Å². The molecule has 2 N–H and O–H groups in total. The summed E-state index contributed by atoms with van der Waals surface area (Å²) in [4.78, 5) is 0. The van der Waals surface area contributed by atoms with Crippen LogP contribution in [0.2, 0.25) is 0 Å². The molecule has 0 heterocycles. The van der Waals surface area contributed by atoms with Crippen molar-refractivity contribution in [1.29, 1.82) is 0 Å². The van der Waals surface area contributed by atoms with Gasteiger partial charge in [0, 0.05) is 0 Å². The summed E-state index contributed by atoms with van der Waals surface area (Å²) < 4.78 is 0. The van der Waals surface area contributed by atoms with Crippen LogP contribution in [0, 0.1) is 0 Å². The molecule has 22 valence electrons. The van der Waals surface area contributed by atoms with Crippen molar-refractivity contribution >= 4 is 13.5 Å². The summed E-state index contributed by atoms with van der Waals surface area (Å²) in [6.07, 6.45) is 0. The molecule has 0 aliphatic carbocycles. The minimum Gasteiger partial charge on any atom is -2.00 e. The molecule has 0 saturated carbocycles. The summed E-state index contributed by atoms with van der Waals surface area (Å²) in [5.74, 6) is 0. The van der Waals surface area contributed by atoms with Crippen LogP contribution in [0.5, 0.6) is 0 Å². The van der Waals surface area contributed by atoms with Gasteiger partial charge in [-0.15, -0.1) is 0 Å². The summed E-state index contributed by atoms with van der Waals surface area (Å²) >= 11 is 0. The largest absolute Gasteiger partial charge is 2.00 e. The van der Waals surface area contributed by atoms with Gasteiger partial charge in [0.05, 0.1) is 0 Å². The molecular formula is H2Na2O2S. The summed E-state index contributed by atoms with van der Waals surface area (Å²) in [5.41, 5.74) is 0. The Kier molecular flexibility index (Phi) is 181. The Morgan fingerprint density at radius 2 is 0.800 bits per heavy atom. The zero-order valence-corrected chi connectivity index (χ0v) is 8.12. The molecule has 0 rings (SSSR count). The SMILES string of the molecule is OO.[Na+].[Na+].[S-2]. The molecule has 0 fully saturated rings. The molecule has 0 aliphatic heterocycles. The Hall–Kier alpha value is 2.27. The molecule has 0 saturated heterocycles. The summed E-state index contributed by atoms with van der Waals surface area (Å²) in [5, 5.41) is 12.0. The first-order valence-corrected chi connectivity index (χ1v) is 0.200. The van der Waals surface area contributed by atoms with E-state index in [2.05, 4.69) is 0 Å². The Labute approximate surface area is 81.9 Å². The van der Waals surface area contributed by atoms with E-state index in [1.54, 1.807) is 0 Å². The van der Waals surface area contributed by atoms with E-state index in [1.165, 1.54) is 0 Å². The molecule has 0 amide bonds. The van der Waals surface area contributed by atoms with Crippen LogP contribution in [-0.4, -0.2) is 10.5 Å². The smallest absolute Gasteiger partial charge is 1.00 e. The molecule has 0 bridgehead atoms. The Bertz CT molecular complexity index is 7.61. The van der Waals surface area contributed by atoms with Gasteiger partial charge in [-0.25, -0.2) is 0 Å². The van der Waals surface area contributed by atoms with E-state index in [1.807, 2.05) is 0 Å². The van der Waals surface area contributed by atoms with Gasteiger partial charge >= 0.3 is 59.1 Å². The van der Waals surface area contributed by atoms with Crippen LogP contribution in [-0.2, 0) is 13.5 Å². The molecule has 0 radical (unpaired) electrons. The molecule has 0 spiro atoms. The van der Waals surface area contributed by atoms with E-state index < -0.39 is 0 Å². The molecule has 0 aromatic rings. The van der Waals surface area contributed by atoms with Gasteiger partial charge in [0.1, 0.15) is 0 Å². The van der Waals surface area contributed by atoms with Gasteiger partial charge in [-0.1, -0.05) is 0 Å². The monoisotopic (exact) mass is 112 g/mol. The van der Waals surface area contributed by atoms with Crippen molar-refractivity contribution in [3.63, 3.8) is 0 Å². The molecular weight excluding hydrogens is 110 g/mol. The Morgan fingerprint density at radius 1 is 0.800 bits per heavy atom.